The first-order valence-electron chi connectivity index (χ1n) is 6.31. The first-order valence-corrected chi connectivity index (χ1v) is 6.31. The van der Waals surface area contributed by atoms with Crippen LogP contribution in [0.15, 0.2) is 12.1 Å². The van der Waals surface area contributed by atoms with Crippen LogP contribution in [-0.4, -0.2) is 24.2 Å². The molecule has 0 aliphatic heterocycles. The lowest BCUT2D eigenvalue weighted by Crippen LogP contribution is -2.25. The summed E-state index contributed by atoms with van der Waals surface area (Å²) in [5.74, 6) is 0. The van der Waals surface area contributed by atoms with Gasteiger partial charge in [-0.2, -0.15) is 0 Å². The Morgan fingerprint density at radius 2 is 1.95 bits per heavy atom. The number of benzene rings is 1. The summed E-state index contributed by atoms with van der Waals surface area (Å²) in [4.78, 5) is 10.6. The minimum Gasteiger partial charge on any atom is -0.385 e. The number of aryl methyl sites for hydroxylation is 2. The van der Waals surface area contributed by atoms with Crippen LogP contribution in [0.3, 0.4) is 0 Å². The van der Waals surface area contributed by atoms with Crippen molar-refractivity contribution in [2.45, 2.75) is 39.7 Å². The summed E-state index contributed by atoms with van der Waals surface area (Å²) in [6, 6.07) is 3.44. The van der Waals surface area contributed by atoms with Crippen molar-refractivity contribution in [1.29, 1.82) is 0 Å². The summed E-state index contributed by atoms with van der Waals surface area (Å²) in [7, 11) is 1.68. The smallest absolute Gasteiger partial charge is 0.274 e. The molecule has 5 nitrogen and oxygen atoms in total. The molecule has 0 bridgehead atoms. The number of nitro benzene ring substituents is 1. The number of nitro groups is 1. The van der Waals surface area contributed by atoms with E-state index in [0.717, 1.165) is 17.7 Å². The van der Waals surface area contributed by atoms with Gasteiger partial charge in [0.05, 0.1) is 10.5 Å². The lowest BCUT2D eigenvalue weighted by molar-refractivity contribution is -0.385. The molecule has 0 aromatic heterocycles. The molecule has 5 heteroatoms. The number of anilines is 1. The van der Waals surface area contributed by atoms with Gasteiger partial charge in [0, 0.05) is 31.0 Å². The number of rotatable bonds is 6. The zero-order valence-electron chi connectivity index (χ0n) is 12.2. The van der Waals surface area contributed by atoms with Crippen molar-refractivity contribution in [2.75, 3.05) is 19.0 Å². The highest BCUT2D eigenvalue weighted by Crippen LogP contribution is 2.26. The molecule has 0 radical (unpaired) electrons. The second-order valence-corrected chi connectivity index (χ2v) is 5.35. The molecule has 0 saturated carbocycles. The van der Waals surface area contributed by atoms with Crippen LogP contribution in [0.4, 0.5) is 11.4 Å². The first kappa shape index (κ1) is 15.4. The van der Waals surface area contributed by atoms with Gasteiger partial charge in [0.15, 0.2) is 0 Å². The summed E-state index contributed by atoms with van der Waals surface area (Å²) in [5, 5.41) is 14.2. The molecule has 0 saturated heterocycles. The Morgan fingerprint density at radius 3 is 2.47 bits per heavy atom. The Labute approximate surface area is 114 Å². The van der Waals surface area contributed by atoms with Crippen LogP contribution in [0, 0.1) is 24.0 Å². The molecule has 1 rings (SSSR count). The summed E-state index contributed by atoms with van der Waals surface area (Å²) < 4.78 is 5.34. The molecule has 19 heavy (non-hydrogen) atoms. The molecule has 0 aliphatic rings. The second-order valence-electron chi connectivity index (χ2n) is 5.35. The van der Waals surface area contributed by atoms with E-state index in [2.05, 4.69) is 5.32 Å². The van der Waals surface area contributed by atoms with Gasteiger partial charge in [-0.05, 0) is 45.7 Å². The van der Waals surface area contributed by atoms with E-state index in [-0.39, 0.29) is 16.2 Å². The highest BCUT2D eigenvalue weighted by Gasteiger charge is 2.17. The van der Waals surface area contributed by atoms with Crippen LogP contribution in [0.1, 0.15) is 31.4 Å². The van der Waals surface area contributed by atoms with Crippen LogP contribution < -0.4 is 5.32 Å². The second kappa shape index (κ2) is 6.02. The van der Waals surface area contributed by atoms with Gasteiger partial charge >= 0.3 is 0 Å². The standard InChI is InChI=1S/C14H22N2O3/c1-10-8-11(2)13(16(17)18)9-12(10)15-7-6-14(3,4)19-5/h8-9,15H,6-7H2,1-5H3. The molecule has 0 heterocycles. The van der Waals surface area contributed by atoms with E-state index in [1.165, 1.54) is 0 Å². The summed E-state index contributed by atoms with van der Waals surface area (Å²) in [6.45, 7) is 8.43. The molecule has 0 amide bonds. The Kier molecular flexibility index (Phi) is 4.89. The third kappa shape index (κ3) is 4.21. The third-order valence-electron chi connectivity index (χ3n) is 3.33. The van der Waals surface area contributed by atoms with Gasteiger partial charge in [0.25, 0.3) is 5.69 Å². The van der Waals surface area contributed by atoms with E-state index in [9.17, 15) is 10.1 Å². The number of nitrogens with zero attached hydrogens (tertiary/aromatic N) is 1. The average molecular weight is 266 g/mol. The van der Waals surface area contributed by atoms with E-state index in [1.807, 2.05) is 26.8 Å². The van der Waals surface area contributed by atoms with Gasteiger partial charge in [-0.1, -0.05) is 0 Å². The quantitative estimate of drug-likeness (QED) is 0.632. The van der Waals surface area contributed by atoms with E-state index < -0.39 is 0 Å². The van der Waals surface area contributed by atoms with Crippen molar-refractivity contribution in [3.8, 4) is 0 Å². The van der Waals surface area contributed by atoms with Crippen molar-refractivity contribution >= 4 is 11.4 Å². The monoisotopic (exact) mass is 266 g/mol. The highest BCUT2D eigenvalue weighted by atomic mass is 16.6. The molecular weight excluding hydrogens is 244 g/mol. The fourth-order valence-corrected chi connectivity index (χ4v) is 1.83. The van der Waals surface area contributed by atoms with Gasteiger partial charge in [0.1, 0.15) is 0 Å². The molecule has 0 fully saturated rings. The summed E-state index contributed by atoms with van der Waals surface area (Å²) in [6.07, 6.45) is 0.824. The molecule has 106 valence electrons. The molecule has 0 aliphatic carbocycles. The third-order valence-corrected chi connectivity index (χ3v) is 3.33. The van der Waals surface area contributed by atoms with E-state index >= 15 is 0 Å². The van der Waals surface area contributed by atoms with E-state index in [1.54, 1.807) is 20.1 Å². The van der Waals surface area contributed by atoms with Gasteiger partial charge in [-0.25, -0.2) is 0 Å². The van der Waals surface area contributed by atoms with Crippen molar-refractivity contribution in [3.05, 3.63) is 33.4 Å². The van der Waals surface area contributed by atoms with Gasteiger partial charge in [-0.3, -0.25) is 10.1 Å². The maximum absolute atomic E-state index is 10.9. The van der Waals surface area contributed by atoms with E-state index in [4.69, 9.17) is 4.74 Å². The Morgan fingerprint density at radius 1 is 1.32 bits per heavy atom. The van der Waals surface area contributed by atoms with Crippen LogP contribution in [0.2, 0.25) is 0 Å². The minimum absolute atomic E-state index is 0.152. The molecule has 0 spiro atoms. The SMILES string of the molecule is COC(C)(C)CCNc1cc([N+](=O)[O-])c(C)cc1C. The van der Waals surface area contributed by atoms with E-state index in [0.29, 0.717) is 12.1 Å². The Balaban J connectivity index is 2.79. The molecule has 1 N–H and O–H groups in total. The predicted octanol–water partition coefficient (Wildman–Crippen LogP) is 3.44. The maximum atomic E-state index is 10.9. The van der Waals surface area contributed by atoms with Gasteiger partial charge < -0.3 is 10.1 Å². The van der Waals surface area contributed by atoms with Crippen molar-refractivity contribution in [2.24, 2.45) is 0 Å². The number of hydrogen-bond donors (Lipinski definition) is 1. The zero-order valence-corrected chi connectivity index (χ0v) is 12.2. The zero-order chi connectivity index (χ0) is 14.6. The largest absolute Gasteiger partial charge is 0.385 e. The van der Waals surface area contributed by atoms with Crippen molar-refractivity contribution in [3.63, 3.8) is 0 Å². The van der Waals surface area contributed by atoms with Crippen molar-refractivity contribution in [1.82, 2.24) is 0 Å². The summed E-state index contributed by atoms with van der Waals surface area (Å²) >= 11 is 0. The van der Waals surface area contributed by atoms with Crippen LogP contribution in [0.5, 0.6) is 0 Å². The molecule has 0 unspecified atom stereocenters. The fraction of sp³-hybridized carbons (Fsp3) is 0.571. The lowest BCUT2D eigenvalue weighted by atomic mass is 10.0. The van der Waals surface area contributed by atoms with Crippen molar-refractivity contribution < 1.29 is 9.66 Å². The number of methoxy groups -OCH3 is 1. The van der Waals surface area contributed by atoms with Gasteiger partial charge in [0.2, 0.25) is 0 Å². The average Bonchev–Trinajstić information content (AvgIpc) is 2.31. The van der Waals surface area contributed by atoms with Crippen LogP contribution in [0.25, 0.3) is 0 Å². The number of hydrogen-bond acceptors (Lipinski definition) is 4. The molecular formula is C14H22N2O3. The lowest BCUT2D eigenvalue weighted by Gasteiger charge is -2.23. The Bertz CT molecular complexity index is 470. The highest BCUT2D eigenvalue weighted by molar-refractivity contribution is 5.60. The van der Waals surface area contributed by atoms with Crippen LogP contribution >= 0.6 is 0 Å². The molecule has 1 aromatic carbocycles. The molecule has 0 atom stereocenters. The molecule has 1 aromatic rings. The van der Waals surface area contributed by atoms with Gasteiger partial charge in [-0.15, -0.1) is 0 Å². The fourth-order valence-electron chi connectivity index (χ4n) is 1.83. The number of nitrogens with one attached hydrogen (secondary N) is 1. The first-order chi connectivity index (χ1) is 8.76. The normalized spacial score (nSPS) is 11.4. The minimum atomic E-state index is -0.348. The topological polar surface area (TPSA) is 64.4 Å². The summed E-state index contributed by atoms with van der Waals surface area (Å²) in [5.41, 5.74) is 2.46. The van der Waals surface area contributed by atoms with Crippen LogP contribution in [-0.2, 0) is 4.74 Å². The Hall–Kier alpha value is -1.62. The number of ether oxygens (including phenoxy) is 1. The predicted molar refractivity (Wildman–Crippen MR) is 76.8 cm³/mol. The maximum Gasteiger partial charge on any atom is 0.274 e.